The van der Waals surface area contributed by atoms with Gasteiger partial charge in [0.1, 0.15) is 0 Å². The third kappa shape index (κ3) is 5.52. The Labute approximate surface area is 137 Å². The van der Waals surface area contributed by atoms with Crippen LogP contribution in [0.1, 0.15) is 37.7 Å². The molecule has 0 atom stereocenters. The van der Waals surface area contributed by atoms with Crippen LogP contribution in [0.2, 0.25) is 0 Å². The molecule has 1 aliphatic rings. The number of hydrogen-bond acceptors (Lipinski definition) is 3. The number of hydrogen-bond donors (Lipinski definition) is 2. The van der Waals surface area contributed by atoms with Gasteiger partial charge in [-0.25, -0.2) is 9.98 Å². The van der Waals surface area contributed by atoms with Gasteiger partial charge in [-0.1, -0.05) is 19.3 Å². The van der Waals surface area contributed by atoms with E-state index in [1.165, 1.54) is 32.1 Å². The van der Waals surface area contributed by atoms with E-state index in [-0.39, 0.29) is 24.0 Å². The Kier molecular flexibility index (Phi) is 7.64. The predicted molar refractivity (Wildman–Crippen MR) is 91.5 cm³/mol. The van der Waals surface area contributed by atoms with E-state index in [1.807, 2.05) is 12.1 Å². The van der Waals surface area contributed by atoms with Gasteiger partial charge in [0, 0.05) is 18.3 Å². The zero-order valence-electron chi connectivity index (χ0n) is 11.8. The first-order valence-corrected chi connectivity index (χ1v) is 6.83. The molecule has 1 saturated carbocycles. The third-order valence-corrected chi connectivity index (χ3v) is 3.40. The number of nitrogens with zero attached hydrogens (tertiary/aromatic N) is 2. The zero-order chi connectivity index (χ0) is 13.5. The van der Waals surface area contributed by atoms with Crippen LogP contribution in [0.4, 0.5) is 0 Å². The first kappa shape index (κ1) is 17.0. The summed E-state index contributed by atoms with van der Waals surface area (Å²) in [5.74, 6) is 1.13. The lowest BCUT2D eigenvalue weighted by Gasteiger charge is -2.23. The van der Waals surface area contributed by atoms with Gasteiger partial charge in [0.25, 0.3) is 0 Å². The maximum absolute atomic E-state index is 5.91. The Balaban J connectivity index is 0.00000200. The number of halogens is 1. The van der Waals surface area contributed by atoms with Gasteiger partial charge in [0.15, 0.2) is 5.96 Å². The SMILES string of the molecule is COc1cc(CN=C(N)NC2CCCCC2)ccn1.I. The van der Waals surface area contributed by atoms with Crippen LogP contribution in [-0.2, 0) is 6.54 Å². The molecule has 0 radical (unpaired) electrons. The molecule has 0 unspecified atom stereocenters. The summed E-state index contributed by atoms with van der Waals surface area (Å²) in [5.41, 5.74) is 6.96. The number of nitrogens with two attached hydrogens (primary N) is 1. The van der Waals surface area contributed by atoms with Crippen LogP contribution >= 0.6 is 24.0 Å². The molecule has 0 aromatic carbocycles. The first-order valence-electron chi connectivity index (χ1n) is 6.83. The first-order chi connectivity index (χ1) is 9.28. The van der Waals surface area contributed by atoms with Gasteiger partial charge in [-0.2, -0.15) is 0 Å². The van der Waals surface area contributed by atoms with E-state index in [4.69, 9.17) is 10.5 Å². The van der Waals surface area contributed by atoms with Crippen molar-refractivity contribution in [1.29, 1.82) is 0 Å². The fourth-order valence-electron chi connectivity index (χ4n) is 2.34. The molecule has 20 heavy (non-hydrogen) atoms. The fourth-order valence-corrected chi connectivity index (χ4v) is 2.34. The van der Waals surface area contributed by atoms with E-state index < -0.39 is 0 Å². The van der Waals surface area contributed by atoms with Gasteiger partial charge in [-0.15, -0.1) is 24.0 Å². The highest BCUT2D eigenvalue weighted by atomic mass is 127. The van der Waals surface area contributed by atoms with Gasteiger partial charge in [-0.05, 0) is 24.5 Å². The lowest BCUT2D eigenvalue weighted by molar-refractivity contribution is 0.397. The average Bonchev–Trinajstić information content (AvgIpc) is 2.46. The maximum atomic E-state index is 5.91. The Bertz CT molecular complexity index is 433. The lowest BCUT2D eigenvalue weighted by Crippen LogP contribution is -2.41. The molecule has 1 aromatic rings. The van der Waals surface area contributed by atoms with E-state index in [1.54, 1.807) is 13.3 Å². The summed E-state index contributed by atoms with van der Waals surface area (Å²) in [6, 6.07) is 4.28. The van der Waals surface area contributed by atoms with Crippen LogP contribution < -0.4 is 15.8 Å². The highest BCUT2D eigenvalue weighted by Gasteiger charge is 2.13. The number of aromatic nitrogens is 1. The van der Waals surface area contributed by atoms with Crippen molar-refractivity contribution in [3.63, 3.8) is 0 Å². The second-order valence-electron chi connectivity index (χ2n) is 4.89. The van der Waals surface area contributed by atoms with E-state index in [0.717, 1.165) is 5.56 Å². The van der Waals surface area contributed by atoms with Gasteiger partial charge in [0.05, 0.1) is 13.7 Å². The second-order valence-corrected chi connectivity index (χ2v) is 4.89. The molecule has 1 fully saturated rings. The summed E-state index contributed by atoms with van der Waals surface area (Å²) < 4.78 is 5.08. The van der Waals surface area contributed by atoms with E-state index in [9.17, 15) is 0 Å². The molecule has 1 aromatic heterocycles. The molecule has 2 rings (SSSR count). The second kappa shape index (κ2) is 8.99. The topological polar surface area (TPSA) is 72.5 Å². The summed E-state index contributed by atoms with van der Waals surface area (Å²) in [7, 11) is 1.61. The van der Waals surface area contributed by atoms with Crippen LogP contribution in [0.3, 0.4) is 0 Å². The van der Waals surface area contributed by atoms with E-state index in [2.05, 4.69) is 15.3 Å². The summed E-state index contributed by atoms with van der Waals surface area (Å²) in [5, 5.41) is 3.30. The van der Waals surface area contributed by atoms with Crippen molar-refractivity contribution >= 4 is 29.9 Å². The molecule has 5 nitrogen and oxygen atoms in total. The largest absolute Gasteiger partial charge is 0.481 e. The summed E-state index contributed by atoms with van der Waals surface area (Å²) in [4.78, 5) is 8.42. The number of methoxy groups -OCH3 is 1. The van der Waals surface area contributed by atoms with Gasteiger partial charge in [-0.3, -0.25) is 0 Å². The fraction of sp³-hybridized carbons (Fsp3) is 0.571. The van der Waals surface area contributed by atoms with Crippen LogP contribution in [0.5, 0.6) is 5.88 Å². The number of pyridine rings is 1. The molecule has 0 bridgehead atoms. The summed E-state index contributed by atoms with van der Waals surface area (Å²) in [6.07, 6.45) is 8.01. The standard InChI is InChI=1S/C14H22N4O.HI/c1-19-13-9-11(7-8-16-13)10-17-14(15)18-12-5-3-2-4-6-12;/h7-9,12H,2-6,10H2,1H3,(H3,15,17,18);1H. The zero-order valence-corrected chi connectivity index (χ0v) is 14.2. The molecular formula is C14H23IN4O. The van der Waals surface area contributed by atoms with Crippen molar-refractivity contribution in [2.24, 2.45) is 10.7 Å². The minimum atomic E-state index is 0. The quantitative estimate of drug-likeness (QED) is 0.471. The molecule has 0 aliphatic heterocycles. The lowest BCUT2D eigenvalue weighted by atomic mass is 9.96. The predicted octanol–water partition coefficient (Wildman–Crippen LogP) is 2.45. The molecule has 6 heteroatoms. The third-order valence-electron chi connectivity index (χ3n) is 3.40. The van der Waals surface area contributed by atoms with Crippen molar-refractivity contribution < 1.29 is 4.74 Å². The van der Waals surface area contributed by atoms with Crippen molar-refractivity contribution in [2.45, 2.75) is 44.7 Å². The van der Waals surface area contributed by atoms with Crippen LogP contribution in [0, 0.1) is 0 Å². The summed E-state index contributed by atoms with van der Waals surface area (Å²) in [6.45, 7) is 0.546. The van der Waals surface area contributed by atoms with Gasteiger partial charge >= 0.3 is 0 Å². The smallest absolute Gasteiger partial charge is 0.213 e. The van der Waals surface area contributed by atoms with Crippen molar-refractivity contribution in [1.82, 2.24) is 10.3 Å². The Hall–Kier alpha value is -1.05. The molecule has 0 spiro atoms. The Morgan fingerprint density at radius 2 is 2.20 bits per heavy atom. The number of guanidine groups is 1. The normalized spacial score (nSPS) is 16.4. The number of rotatable bonds is 4. The molecule has 1 aliphatic carbocycles. The van der Waals surface area contributed by atoms with Gasteiger partial charge < -0.3 is 15.8 Å². The van der Waals surface area contributed by atoms with E-state index in [0.29, 0.717) is 24.4 Å². The highest BCUT2D eigenvalue weighted by molar-refractivity contribution is 14.0. The molecular weight excluding hydrogens is 367 g/mol. The van der Waals surface area contributed by atoms with Crippen LogP contribution in [0.15, 0.2) is 23.3 Å². The van der Waals surface area contributed by atoms with Crippen LogP contribution in [0.25, 0.3) is 0 Å². The minimum absolute atomic E-state index is 0. The highest BCUT2D eigenvalue weighted by Crippen LogP contribution is 2.17. The molecule has 0 saturated heterocycles. The summed E-state index contributed by atoms with van der Waals surface area (Å²) >= 11 is 0. The molecule has 3 N–H and O–H groups in total. The Morgan fingerprint density at radius 3 is 2.90 bits per heavy atom. The Morgan fingerprint density at radius 1 is 1.45 bits per heavy atom. The number of ether oxygens (including phenoxy) is 1. The molecule has 1 heterocycles. The molecule has 112 valence electrons. The monoisotopic (exact) mass is 390 g/mol. The number of aliphatic imine (C=N–C) groups is 1. The van der Waals surface area contributed by atoms with Gasteiger partial charge in [0.2, 0.25) is 5.88 Å². The van der Waals surface area contributed by atoms with E-state index >= 15 is 0 Å². The number of nitrogens with one attached hydrogen (secondary N) is 1. The molecule has 0 amide bonds. The maximum Gasteiger partial charge on any atom is 0.213 e. The van der Waals surface area contributed by atoms with Crippen molar-refractivity contribution in [2.75, 3.05) is 7.11 Å². The minimum Gasteiger partial charge on any atom is -0.481 e. The average molecular weight is 390 g/mol. The van der Waals surface area contributed by atoms with Crippen LogP contribution in [-0.4, -0.2) is 24.1 Å². The van der Waals surface area contributed by atoms with Crippen molar-refractivity contribution in [3.05, 3.63) is 23.9 Å². The van der Waals surface area contributed by atoms with Crippen molar-refractivity contribution in [3.8, 4) is 5.88 Å².